The number of alkyl halides is 3. The maximum absolute atomic E-state index is 12.7. The lowest BCUT2D eigenvalue weighted by Gasteiger charge is -2.18. The number of aryl methyl sites for hydroxylation is 1. The molecule has 2 N–H and O–H groups in total. The van der Waals surface area contributed by atoms with E-state index < -0.39 is 17.3 Å². The van der Waals surface area contributed by atoms with E-state index in [9.17, 15) is 18.0 Å². The third kappa shape index (κ3) is 4.15. The van der Waals surface area contributed by atoms with Crippen LogP contribution in [-0.2, 0) is 11.0 Å². The van der Waals surface area contributed by atoms with Gasteiger partial charge in [-0.2, -0.15) is 13.2 Å². The summed E-state index contributed by atoms with van der Waals surface area (Å²) in [7, 11) is 1.70. The first-order valence-corrected chi connectivity index (χ1v) is 8.65. The van der Waals surface area contributed by atoms with Gasteiger partial charge < -0.3 is 10.6 Å². The topological polar surface area (TPSA) is 72.1 Å². The van der Waals surface area contributed by atoms with Crippen molar-refractivity contribution in [2.24, 2.45) is 5.73 Å². The van der Waals surface area contributed by atoms with Gasteiger partial charge in [0.25, 0.3) is 0 Å². The molecule has 1 amide bonds. The monoisotopic (exact) mass is 388 g/mol. The lowest BCUT2D eigenvalue weighted by atomic mass is 9.95. The first-order chi connectivity index (χ1) is 13.1. The van der Waals surface area contributed by atoms with Crippen LogP contribution in [0.25, 0.3) is 11.3 Å². The molecule has 0 aliphatic carbocycles. The van der Waals surface area contributed by atoms with Crippen LogP contribution in [0.2, 0.25) is 0 Å². The second-order valence-corrected chi connectivity index (χ2v) is 6.90. The molecule has 2 heterocycles. The molecule has 1 atom stereocenters. The Hall–Kier alpha value is -2.92. The van der Waals surface area contributed by atoms with E-state index in [1.807, 2.05) is 0 Å². The van der Waals surface area contributed by atoms with Gasteiger partial charge in [0, 0.05) is 31.3 Å². The highest BCUT2D eigenvalue weighted by Crippen LogP contribution is 2.30. The Morgan fingerprint density at radius 2 is 1.93 bits per heavy atom. The smallest absolute Gasteiger partial charge is 0.344 e. The Kier molecular flexibility index (Phi) is 5.13. The molecule has 28 heavy (non-hydrogen) atoms. The number of carbonyl (C=O) groups is 1. The first kappa shape index (κ1) is 19.8. The van der Waals surface area contributed by atoms with Crippen LogP contribution in [0, 0.1) is 18.8 Å². The molecule has 3 rings (SSSR count). The van der Waals surface area contributed by atoms with Crippen LogP contribution >= 0.6 is 0 Å². The zero-order chi connectivity index (χ0) is 20.5. The van der Waals surface area contributed by atoms with Crippen LogP contribution < -0.4 is 5.73 Å². The normalized spacial score (nSPS) is 19.5. The molecule has 0 spiro atoms. The van der Waals surface area contributed by atoms with Gasteiger partial charge in [-0.1, -0.05) is 18.1 Å². The Morgan fingerprint density at radius 3 is 2.50 bits per heavy atom. The number of nitrogens with two attached hydrogens (primary N) is 1. The average molecular weight is 388 g/mol. The summed E-state index contributed by atoms with van der Waals surface area (Å²) in [5.41, 5.74) is 6.05. The molecule has 1 aromatic heterocycles. The quantitative estimate of drug-likeness (QED) is 0.803. The molecule has 2 aromatic rings. The van der Waals surface area contributed by atoms with Gasteiger partial charge in [-0.25, -0.2) is 9.97 Å². The molecule has 146 valence electrons. The van der Waals surface area contributed by atoms with E-state index in [4.69, 9.17) is 5.73 Å². The highest BCUT2D eigenvalue weighted by atomic mass is 19.4. The molecule has 1 saturated heterocycles. The molecule has 1 aliphatic heterocycles. The van der Waals surface area contributed by atoms with E-state index in [0.29, 0.717) is 29.9 Å². The lowest BCUT2D eigenvalue weighted by Crippen LogP contribution is -2.46. The van der Waals surface area contributed by atoms with Crippen molar-refractivity contribution in [3.63, 3.8) is 0 Å². The highest BCUT2D eigenvalue weighted by molar-refractivity contribution is 5.88. The number of likely N-dealkylation sites (tertiary alicyclic amines) is 1. The summed E-state index contributed by atoms with van der Waals surface area (Å²) in [6.45, 7) is 2.34. The Labute approximate surface area is 160 Å². The van der Waals surface area contributed by atoms with Crippen LogP contribution in [0.5, 0.6) is 0 Å². The minimum Gasteiger partial charge on any atom is -0.344 e. The first-order valence-electron chi connectivity index (χ1n) is 8.65. The van der Waals surface area contributed by atoms with Crippen molar-refractivity contribution in [2.75, 3.05) is 13.6 Å². The summed E-state index contributed by atoms with van der Waals surface area (Å²) < 4.78 is 38.2. The summed E-state index contributed by atoms with van der Waals surface area (Å²) in [6, 6.07) is 6.43. The predicted octanol–water partition coefficient (Wildman–Crippen LogP) is 2.77. The minimum atomic E-state index is -4.39. The van der Waals surface area contributed by atoms with Crippen molar-refractivity contribution in [1.82, 2.24) is 14.9 Å². The third-order valence-corrected chi connectivity index (χ3v) is 4.63. The van der Waals surface area contributed by atoms with Crippen LogP contribution in [0.15, 0.2) is 30.3 Å². The summed E-state index contributed by atoms with van der Waals surface area (Å²) in [4.78, 5) is 22.2. The number of benzene rings is 1. The van der Waals surface area contributed by atoms with Gasteiger partial charge in [0.05, 0.1) is 11.3 Å². The van der Waals surface area contributed by atoms with Crippen molar-refractivity contribution in [1.29, 1.82) is 0 Å². The van der Waals surface area contributed by atoms with E-state index in [2.05, 4.69) is 21.8 Å². The number of amides is 1. The number of likely N-dealkylation sites (N-methyl/N-ethyl adjacent to an activating group) is 1. The SMILES string of the molecule is Cc1cc(-c2ccc(C(F)(F)F)cc2)nc(C#CC[C@@]2(N)CCN(C)C2=O)n1. The van der Waals surface area contributed by atoms with Crippen molar-refractivity contribution in [2.45, 2.75) is 31.5 Å². The molecule has 1 fully saturated rings. The summed E-state index contributed by atoms with van der Waals surface area (Å²) in [5, 5.41) is 0. The van der Waals surface area contributed by atoms with Crippen LogP contribution in [0.1, 0.15) is 29.9 Å². The van der Waals surface area contributed by atoms with Crippen LogP contribution in [0.4, 0.5) is 13.2 Å². The number of aromatic nitrogens is 2. The Morgan fingerprint density at radius 1 is 1.25 bits per heavy atom. The fourth-order valence-corrected chi connectivity index (χ4v) is 3.00. The van der Waals surface area contributed by atoms with E-state index in [0.717, 1.165) is 12.1 Å². The zero-order valence-electron chi connectivity index (χ0n) is 15.5. The third-order valence-electron chi connectivity index (χ3n) is 4.63. The Balaban J connectivity index is 1.82. The van der Waals surface area contributed by atoms with Gasteiger partial charge in [-0.15, -0.1) is 0 Å². The molecule has 0 bridgehead atoms. The van der Waals surface area contributed by atoms with Gasteiger partial charge in [0.1, 0.15) is 5.54 Å². The number of halogens is 3. The molecule has 8 heteroatoms. The molecule has 0 unspecified atom stereocenters. The standard InChI is InChI=1S/C20H19F3N4O/c1-13-12-16(14-5-7-15(8-6-14)20(21,22)23)26-17(25-13)4-3-9-19(24)10-11-27(2)18(19)28/h5-8,12H,9-11,24H2,1-2H3/t19-/m1/s1. The van der Waals surface area contributed by atoms with Gasteiger partial charge in [0.2, 0.25) is 11.7 Å². The molecular weight excluding hydrogens is 369 g/mol. The number of nitrogens with zero attached hydrogens (tertiary/aromatic N) is 3. The van der Waals surface area contributed by atoms with Gasteiger partial charge in [-0.3, -0.25) is 4.79 Å². The number of carbonyl (C=O) groups excluding carboxylic acids is 1. The summed E-state index contributed by atoms with van der Waals surface area (Å²) in [5.74, 6) is 5.78. The largest absolute Gasteiger partial charge is 0.416 e. The molecule has 1 aliphatic rings. The van der Waals surface area contributed by atoms with Gasteiger partial charge in [0.15, 0.2) is 0 Å². The predicted molar refractivity (Wildman–Crippen MR) is 97.9 cm³/mol. The van der Waals surface area contributed by atoms with E-state index in [1.165, 1.54) is 12.1 Å². The fourth-order valence-electron chi connectivity index (χ4n) is 3.00. The van der Waals surface area contributed by atoms with Crippen molar-refractivity contribution in [3.8, 4) is 23.1 Å². The average Bonchev–Trinajstić information content (AvgIpc) is 2.88. The van der Waals surface area contributed by atoms with E-state index in [1.54, 1.807) is 24.9 Å². The maximum Gasteiger partial charge on any atom is 0.416 e. The highest BCUT2D eigenvalue weighted by Gasteiger charge is 2.41. The van der Waals surface area contributed by atoms with Gasteiger partial charge >= 0.3 is 6.18 Å². The molecular formula is C20H19F3N4O. The minimum absolute atomic E-state index is 0.141. The maximum atomic E-state index is 12.7. The fraction of sp³-hybridized carbons (Fsp3) is 0.350. The van der Waals surface area contributed by atoms with E-state index in [-0.39, 0.29) is 18.2 Å². The number of hydrogen-bond acceptors (Lipinski definition) is 4. The molecule has 0 saturated carbocycles. The van der Waals surface area contributed by atoms with Crippen LogP contribution in [0.3, 0.4) is 0 Å². The second-order valence-electron chi connectivity index (χ2n) is 6.90. The lowest BCUT2D eigenvalue weighted by molar-refractivity contribution is -0.137. The molecule has 5 nitrogen and oxygen atoms in total. The number of rotatable bonds is 2. The van der Waals surface area contributed by atoms with Crippen LogP contribution in [-0.4, -0.2) is 39.9 Å². The molecule has 0 radical (unpaired) electrons. The van der Waals surface area contributed by atoms with Crippen molar-refractivity contribution in [3.05, 3.63) is 47.4 Å². The van der Waals surface area contributed by atoms with Crippen molar-refractivity contribution < 1.29 is 18.0 Å². The number of hydrogen-bond donors (Lipinski definition) is 1. The van der Waals surface area contributed by atoms with Crippen molar-refractivity contribution >= 4 is 5.91 Å². The van der Waals surface area contributed by atoms with Gasteiger partial charge in [-0.05, 0) is 37.5 Å². The zero-order valence-corrected chi connectivity index (χ0v) is 15.5. The second kappa shape index (κ2) is 7.24. The van der Waals surface area contributed by atoms with E-state index >= 15 is 0 Å². The molecule has 1 aromatic carbocycles. The Bertz CT molecular complexity index is 960. The summed E-state index contributed by atoms with van der Waals surface area (Å²) in [6.07, 6.45) is -3.67. The summed E-state index contributed by atoms with van der Waals surface area (Å²) >= 11 is 0.